The van der Waals surface area contributed by atoms with E-state index in [0.29, 0.717) is 5.56 Å². The summed E-state index contributed by atoms with van der Waals surface area (Å²) in [4.78, 5) is 24.5. The monoisotopic (exact) mass is 426 g/mol. The smallest absolute Gasteiger partial charge is 0.336 e. The van der Waals surface area contributed by atoms with Crippen molar-refractivity contribution in [2.24, 2.45) is 0 Å². The molecule has 3 heteroatoms. The maximum absolute atomic E-state index is 13.0. The molecular formula is C29H30O3. The highest BCUT2D eigenvalue weighted by Crippen LogP contribution is 2.47. The summed E-state index contributed by atoms with van der Waals surface area (Å²) in [5, 5.41) is 9.41. The van der Waals surface area contributed by atoms with Gasteiger partial charge in [-0.15, -0.1) is 0 Å². The number of carbonyl (C=O) groups excluding carboxylic acids is 1. The van der Waals surface area contributed by atoms with Crippen LogP contribution in [0, 0.1) is 6.92 Å². The van der Waals surface area contributed by atoms with E-state index in [1.165, 1.54) is 34.7 Å². The fourth-order valence-electron chi connectivity index (χ4n) is 4.86. The van der Waals surface area contributed by atoms with Crippen molar-refractivity contribution in [1.29, 1.82) is 0 Å². The Bertz CT molecular complexity index is 1210. The summed E-state index contributed by atoms with van der Waals surface area (Å²) in [6.07, 6.45) is 2.34. The Hall–Kier alpha value is -3.20. The predicted octanol–water partition coefficient (Wildman–Crippen LogP) is 6.94. The first-order valence-electron chi connectivity index (χ1n) is 11.1. The van der Waals surface area contributed by atoms with Crippen molar-refractivity contribution in [2.75, 3.05) is 0 Å². The number of hydrogen-bond donors (Lipinski definition) is 1. The summed E-state index contributed by atoms with van der Waals surface area (Å²) >= 11 is 0. The quantitative estimate of drug-likeness (QED) is 0.460. The fraction of sp³-hybridized carbons (Fsp3) is 0.310. The molecule has 3 nitrogen and oxygen atoms in total. The summed E-state index contributed by atoms with van der Waals surface area (Å²) in [5.74, 6) is -1.37. The van der Waals surface area contributed by atoms with Crippen LogP contribution in [0.25, 0.3) is 11.1 Å². The molecule has 0 amide bonds. The van der Waals surface area contributed by atoms with E-state index in [0.717, 1.165) is 12.0 Å². The van der Waals surface area contributed by atoms with E-state index in [1.54, 1.807) is 30.3 Å². The molecule has 0 aromatic heterocycles. The van der Waals surface area contributed by atoms with Crippen LogP contribution in [0.2, 0.25) is 0 Å². The third kappa shape index (κ3) is 3.77. The van der Waals surface area contributed by atoms with Gasteiger partial charge in [0, 0.05) is 11.1 Å². The molecule has 0 saturated carbocycles. The Kier molecular flexibility index (Phi) is 5.32. The fourth-order valence-corrected chi connectivity index (χ4v) is 4.86. The minimum Gasteiger partial charge on any atom is -0.478 e. The molecule has 0 saturated heterocycles. The van der Waals surface area contributed by atoms with Crippen LogP contribution < -0.4 is 0 Å². The van der Waals surface area contributed by atoms with Gasteiger partial charge in [-0.25, -0.2) is 4.79 Å². The average Bonchev–Trinajstić information content (AvgIpc) is 2.76. The summed E-state index contributed by atoms with van der Waals surface area (Å²) in [6, 6.07) is 18.5. The first-order chi connectivity index (χ1) is 15.0. The van der Waals surface area contributed by atoms with Crippen molar-refractivity contribution in [3.63, 3.8) is 0 Å². The Morgan fingerprint density at radius 2 is 1.31 bits per heavy atom. The SMILES string of the molecule is Cc1cc2c(cc1-c1ccc(C(=O)c3ccccc3C(=O)O)cc1)C(C)(C)CCC2(C)C. The zero-order chi connectivity index (χ0) is 23.3. The number of aromatic carboxylic acids is 1. The van der Waals surface area contributed by atoms with Crippen LogP contribution in [-0.2, 0) is 10.8 Å². The Morgan fingerprint density at radius 1 is 0.781 bits per heavy atom. The van der Waals surface area contributed by atoms with Gasteiger partial charge in [0.25, 0.3) is 0 Å². The van der Waals surface area contributed by atoms with Gasteiger partial charge in [0.2, 0.25) is 0 Å². The maximum Gasteiger partial charge on any atom is 0.336 e. The van der Waals surface area contributed by atoms with Crippen molar-refractivity contribution < 1.29 is 14.7 Å². The largest absolute Gasteiger partial charge is 0.478 e. The van der Waals surface area contributed by atoms with Crippen molar-refractivity contribution in [1.82, 2.24) is 0 Å². The van der Waals surface area contributed by atoms with Gasteiger partial charge in [0.1, 0.15) is 0 Å². The van der Waals surface area contributed by atoms with Crippen molar-refractivity contribution in [2.45, 2.75) is 58.3 Å². The maximum atomic E-state index is 13.0. The molecule has 1 N–H and O–H groups in total. The van der Waals surface area contributed by atoms with Crippen LogP contribution in [0.4, 0.5) is 0 Å². The first kappa shape index (κ1) is 22.0. The van der Waals surface area contributed by atoms with Crippen molar-refractivity contribution in [3.05, 3.63) is 94.0 Å². The highest BCUT2D eigenvalue weighted by atomic mass is 16.4. The van der Waals surface area contributed by atoms with Crippen LogP contribution in [0.3, 0.4) is 0 Å². The van der Waals surface area contributed by atoms with E-state index in [-0.39, 0.29) is 27.7 Å². The number of fused-ring (bicyclic) bond motifs is 1. The van der Waals surface area contributed by atoms with Gasteiger partial charge in [-0.1, -0.05) is 82.3 Å². The van der Waals surface area contributed by atoms with E-state index in [4.69, 9.17) is 0 Å². The van der Waals surface area contributed by atoms with Crippen LogP contribution in [0.1, 0.15) is 83.5 Å². The zero-order valence-electron chi connectivity index (χ0n) is 19.5. The third-order valence-electron chi connectivity index (χ3n) is 7.06. The molecule has 3 aromatic carbocycles. The van der Waals surface area contributed by atoms with Gasteiger partial charge in [-0.3, -0.25) is 4.79 Å². The summed E-state index contributed by atoms with van der Waals surface area (Å²) in [7, 11) is 0. The van der Waals surface area contributed by atoms with Crippen molar-refractivity contribution >= 4 is 11.8 Å². The van der Waals surface area contributed by atoms with Crippen LogP contribution in [-0.4, -0.2) is 16.9 Å². The van der Waals surface area contributed by atoms with Crippen molar-refractivity contribution in [3.8, 4) is 11.1 Å². The number of hydrogen-bond acceptors (Lipinski definition) is 2. The molecular weight excluding hydrogens is 396 g/mol. The molecule has 4 rings (SSSR count). The third-order valence-corrected chi connectivity index (χ3v) is 7.06. The second kappa shape index (κ2) is 7.74. The lowest BCUT2D eigenvalue weighted by molar-refractivity contribution is 0.0693. The van der Waals surface area contributed by atoms with E-state index in [1.807, 2.05) is 12.1 Å². The van der Waals surface area contributed by atoms with Crippen LogP contribution >= 0.6 is 0 Å². The average molecular weight is 427 g/mol. The van der Waals surface area contributed by atoms with Gasteiger partial charge in [0.15, 0.2) is 5.78 Å². The highest BCUT2D eigenvalue weighted by molar-refractivity contribution is 6.14. The number of carboxylic acid groups (broad SMARTS) is 1. The second-order valence-corrected chi connectivity index (χ2v) is 10.2. The number of carbonyl (C=O) groups is 2. The first-order valence-corrected chi connectivity index (χ1v) is 11.1. The Balaban J connectivity index is 1.73. The molecule has 32 heavy (non-hydrogen) atoms. The molecule has 0 atom stereocenters. The number of ketones is 1. The van der Waals surface area contributed by atoms with Crippen LogP contribution in [0.15, 0.2) is 60.7 Å². The highest BCUT2D eigenvalue weighted by Gasteiger charge is 2.37. The predicted molar refractivity (Wildman–Crippen MR) is 129 cm³/mol. The van der Waals surface area contributed by atoms with Gasteiger partial charge in [-0.05, 0) is 64.5 Å². The van der Waals surface area contributed by atoms with Gasteiger partial charge in [0.05, 0.1) is 5.56 Å². The number of rotatable bonds is 4. The molecule has 1 aliphatic carbocycles. The summed E-state index contributed by atoms with van der Waals surface area (Å²) in [5.41, 5.74) is 7.33. The molecule has 3 aromatic rings. The van der Waals surface area contributed by atoms with E-state index < -0.39 is 5.97 Å². The number of aryl methyl sites for hydroxylation is 1. The van der Waals surface area contributed by atoms with E-state index >= 15 is 0 Å². The molecule has 0 aliphatic heterocycles. The summed E-state index contributed by atoms with van der Waals surface area (Å²) in [6.45, 7) is 11.4. The molecule has 0 radical (unpaired) electrons. The topological polar surface area (TPSA) is 54.4 Å². The molecule has 0 heterocycles. The normalized spacial score (nSPS) is 16.3. The van der Waals surface area contributed by atoms with Gasteiger partial charge < -0.3 is 5.11 Å². The standard InChI is InChI=1S/C29H30O3/c1-18-16-24-25(29(4,5)15-14-28(24,2)3)17-23(18)19-10-12-20(13-11-19)26(30)21-8-6-7-9-22(21)27(31)32/h6-13,16-17H,14-15H2,1-5H3,(H,31,32). The lowest BCUT2D eigenvalue weighted by Gasteiger charge is -2.42. The molecule has 164 valence electrons. The lowest BCUT2D eigenvalue weighted by atomic mass is 9.62. The lowest BCUT2D eigenvalue weighted by Crippen LogP contribution is -2.34. The van der Waals surface area contributed by atoms with Gasteiger partial charge >= 0.3 is 5.97 Å². The number of benzene rings is 3. The Morgan fingerprint density at radius 3 is 1.88 bits per heavy atom. The molecule has 0 fully saturated rings. The van der Waals surface area contributed by atoms with E-state index in [2.05, 4.69) is 46.8 Å². The Labute approximate surface area is 190 Å². The van der Waals surface area contributed by atoms with Gasteiger partial charge in [-0.2, -0.15) is 0 Å². The second-order valence-electron chi connectivity index (χ2n) is 10.2. The minimum absolute atomic E-state index is 0.0250. The zero-order valence-corrected chi connectivity index (χ0v) is 19.5. The minimum atomic E-state index is -1.10. The number of carboxylic acids is 1. The van der Waals surface area contributed by atoms with Crippen LogP contribution in [0.5, 0.6) is 0 Å². The van der Waals surface area contributed by atoms with E-state index in [9.17, 15) is 14.7 Å². The summed E-state index contributed by atoms with van der Waals surface area (Å²) < 4.78 is 0. The molecule has 0 spiro atoms. The molecule has 0 bridgehead atoms. The molecule has 1 aliphatic rings. The molecule has 0 unspecified atom stereocenters.